The van der Waals surface area contributed by atoms with E-state index in [9.17, 15) is 0 Å². The largest absolute Gasteiger partial charge is 0.445 e. The van der Waals surface area contributed by atoms with Crippen LogP contribution in [0.1, 0.15) is 24.2 Å². The van der Waals surface area contributed by atoms with E-state index in [1.165, 1.54) is 5.56 Å². The van der Waals surface area contributed by atoms with E-state index in [-0.39, 0.29) is 0 Å². The molecule has 3 nitrogen and oxygen atoms in total. The number of furan rings is 1. The van der Waals surface area contributed by atoms with Gasteiger partial charge in [-0.05, 0) is 31.9 Å². The van der Waals surface area contributed by atoms with E-state index in [1.54, 1.807) is 0 Å². The molecule has 14 heavy (non-hydrogen) atoms. The number of unbranched alkanes of at least 4 members (excludes halogenated alkanes) is 1. The van der Waals surface area contributed by atoms with Crippen LogP contribution in [0.2, 0.25) is 0 Å². The first kappa shape index (κ1) is 11.1. The zero-order valence-corrected chi connectivity index (χ0v) is 9.34. The van der Waals surface area contributed by atoms with Crippen LogP contribution in [0.15, 0.2) is 10.5 Å². The Kier molecular flexibility index (Phi) is 4.01. The molecule has 1 heterocycles. The molecule has 1 rings (SSSR count). The highest BCUT2D eigenvalue weighted by atomic mass is 16.4. The van der Waals surface area contributed by atoms with Crippen molar-refractivity contribution >= 4 is 5.88 Å². The Morgan fingerprint density at radius 3 is 2.57 bits per heavy atom. The van der Waals surface area contributed by atoms with Crippen LogP contribution in [0.5, 0.6) is 0 Å². The van der Waals surface area contributed by atoms with Crippen molar-refractivity contribution < 1.29 is 4.42 Å². The molecule has 0 aliphatic carbocycles. The number of hydrogen-bond acceptors (Lipinski definition) is 3. The van der Waals surface area contributed by atoms with Crippen molar-refractivity contribution in [1.29, 1.82) is 0 Å². The normalized spacial score (nSPS) is 10.6. The van der Waals surface area contributed by atoms with Gasteiger partial charge < -0.3 is 15.1 Å². The molecule has 0 unspecified atom stereocenters. The molecule has 2 N–H and O–H groups in total. The van der Waals surface area contributed by atoms with Crippen LogP contribution in [0.4, 0.5) is 5.88 Å². The lowest BCUT2D eigenvalue weighted by Gasteiger charge is -2.06. The third-order valence-corrected chi connectivity index (χ3v) is 2.31. The Morgan fingerprint density at radius 1 is 1.36 bits per heavy atom. The molecule has 0 radical (unpaired) electrons. The first-order chi connectivity index (χ1) is 6.65. The van der Waals surface area contributed by atoms with Gasteiger partial charge in [0.1, 0.15) is 5.76 Å². The molecule has 0 aromatic carbocycles. The summed E-state index contributed by atoms with van der Waals surface area (Å²) in [5, 5.41) is 0. The molecule has 1 aromatic heterocycles. The monoisotopic (exact) mass is 196 g/mol. The van der Waals surface area contributed by atoms with Gasteiger partial charge in [-0.1, -0.05) is 0 Å². The Labute approximate surface area is 85.9 Å². The number of anilines is 1. The minimum absolute atomic E-state index is 0.764. The van der Waals surface area contributed by atoms with Crippen LogP contribution in [0.3, 0.4) is 0 Å². The maximum Gasteiger partial charge on any atom is 0.195 e. The standard InChI is InChI=1S/C11H20N2O/c1-9-8-11(13(2)3)14-10(9)6-4-5-7-12/h8H,4-7,12H2,1-3H3. The SMILES string of the molecule is Cc1cc(N(C)C)oc1CCCCN. The molecule has 0 fully saturated rings. The maximum absolute atomic E-state index is 5.71. The highest BCUT2D eigenvalue weighted by molar-refractivity contribution is 5.39. The summed E-state index contributed by atoms with van der Waals surface area (Å²) < 4.78 is 5.71. The van der Waals surface area contributed by atoms with E-state index < -0.39 is 0 Å². The second-order valence-electron chi connectivity index (χ2n) is 3.83. The van der Waals surface area contributed by atoms with Gasteiger partial charge in [0, 0.05) is 26.6 Å². The molecule has 1 aromatic rings. The molecule has 0 aliphatic rings. The molecular weight excluding hydrogens is 176 g/mol. The third kappa shape index (κ3) is 2.77. The van der Waals surface area contributed by atoms with E-state index in [1.807, 2.05) is 19.0 Å². The smallest absolute Gasteiger partial charge is 0.195 e. The summed E-state index contributed by atoms with van der Waals surface area (Å²) in [6.45, 7) is 2.86. The summed E-state index contributed by atoms with van der Waals surface area (Å²) in [4.78, 5) is 1.99. The number of aryl methyl sites for hydroxylation is 2. The Morgan fingerprint density at radius 2 is 2.07 bits per heavy atom. The van der Waals surface area contributed by atoms with Crippen LogP contribution in [-0.4, -0.2) is 20.6 Å². The van der Waals surface area contributed by atoms with Crippen molar-refractivity contribution in [1.82, 2.24) is 0 Å². The predicted octanol–water partition coefficient (Wildman–Crippen LogP) is 1.94. The molecule has 3 heteroatoms. The summed E-state index contributed by atoms with van der Waals surface area (Å²) in [6.07, 6.45) is 3.17. The molecule has 0 bridgehead atoms. The summed E-state index contributed by atoms with van der Waals surface area (Å²) >= 11 is 0. The number of nitrogens with two attached hydrogens (primary N) is 1. The number of nitrogens with zero attached hydrogens (tertiary/aromatic N) is 1. The first-order valence-electron chi connectivity index (χ1n) is 5.12. The average Bonchev–Trinajstić information content (AvgIpc) is 2.49. The molecule has 0 amide bonds. The second kappa shape index (κ2) is 5.05. The summed E-state index contributed by atoms with van der Waals surface area (Å²) in [5.41, 5.74) is 6.69. The van der Waals surface area contributed by atoms with Gasteiger partial charge in [-0.15, -0.1) is 0 Å². The fourth-order valence-electron chi connectivity index (χ4n) is 1.40. The predicted molar refractivity (Wildman–Crippen MR) is 59.8 cm³/mol. The zero-order chi connectivity index (χ0) is 10.6. The fraction of sp³-hybridized carbons (Fsp3) is 0.636. The molecule has 0 saturated heterocycles. The van der Waals surface area contributed by atoms with Crippen LogP contribution >= 0.6 is 0 Å². The molecule has 0 saturated carbocycles. The lowest BCUT2D eigenvalue weighted by molar-refractivity contribution is 0.497. The number of hydrogen-bond donors (Lipinski definition) is 1. The van der Waals surface area contributed by atoms with Crippen molar-refractivity contribution in [2.24, 2.45) is 5.73 Å². The van der Waals surface area contributed by atoms with Crippen LogP contribution in [0.25, 0.3) is 0 Å². The summed E-state index contributed by atoms with van der Waals surface area (Å²) in [6, 6.07) is 2.08. The number of rotatable bonds is 5. The van der Waals surface area contributed by atoms with E-state index in [4.69, 9.17) is 10.2 Å². The minimum Gasteiger partial charge on any atom is -0.445 e. The minimum atomic E-state index is 0.764. The van der Waals surface area contributed by atoms with Gasteiger partial charge in [0.2, 0.25) is 0 Å². The van der Waals surface area contributed by atoms with E-state index in [0.717, 1.165) is 37.5 Å². The van der Waals surface area contributed by atoms with Crippen molar-refractivity contribution in [2.75, 3.05) is 25.5 Å². The fourth-order valence-corrected chi connectivity index (χ4v) is 1.40. The molecule has 80 valence electrons. The molecule has 0 spiro atoms. The van der Waals surface area contributed by atoms with Gasteiger partial charge in [-0.3, -0.25) is 0 Å². The van der Waals surface area contributed by atoms with E-state index in [0.29, 0.717) is 0 Å². The zero-order valence-electron chi connectivity index (χ0n) is 9.34. The average molecular weight is 196 g/mol. The van der Waals surface area contributed by atoms with Gasteiger partial charge in [0.15, 0.2) is 5.88 Å². The van der Waals surface area contributed by atoms with Crippen LogP contribution < -0.4 is 10.6 Å². The van der Waals surface area contributed by atoms with Gasteiger partial charge in [-0.25, -0.2) is 0 Å². The Hall–Kier alpha value is -0.960. The highest BCUT2D eigenvalue weighted by Gasteiger charge is 2.07. The van der Waals surface area contributed by atoms with Crippen molar-refractivity contribution in [2.45, 2.75) is 26.2 Å². The van der Waals surface area contributed by atoms with Gasteiger partial charge in [-0.2, -0.15) is 0 Å². The summed E-state index contributed by atoms with van der Waals surface area (Å²) in [7, 11) is 3.98. The molecule has 0 atom stereocenters. The Bertz CT molecular complexity index is 279. The van der Waals surface area contributed by atoms with Gasteiger partial charge >= 0.3 is 0 Å². The molecular formula is C11H20N2O. The first-order valence-corrected chi connectivity index (χ1v) is 5.12. The van der Waals surface area contributed by atoms with Gasteiger partial charge in [0.25, 0.3) is 0 Å². The highest BCUT2D eigenvalue weighted by Crippen LogP contribution is 2.22. The van der Waals surface area contributed by atoms with E-state index in [2.05, 4.69) is 13.0 Å². The van der Waals surface area contributed by atoms with Crippen molar-refractivity contribution in [3.8, 4) is 0 Å². The topological polar surface area (TPSA) is 42.4 Å². The summed E-state index contributed by atoms with van der Waals surface area (Å²) in [5.74, 6) is 2.03. The van der Waals surface area contributed by atoms with Gasteiger partial charge in [0.05, 0.1) is 0 Å². The lowest BCUT2D eigenvalue weighted by Crippen LogP contribution is -2.06. The maximum atomic E-state index is 5.71. The quantitative estimate of drug-likeness (QED) is 0.732. The van der Waals surface area contributed by atoms with Crippen LogP contribution in [0, 0.1) is 6.92 Å². The van der Waals surface area contributed by atoms with Crippen molar-refractivity contribution in [3.05, 3.63) is 17.4 Å². The third-order valence-electron chi connectivity index (χ3n) is 2.31. The Balaban J connectivity index is 2.58. The van der Waals surface area contributed by atoms with Crippen molar-refractivity contribution in [3.63, 3.8) is 0 Å². The molecule has 0 aliphatic heterocycles. The van der Waals surface area contributed by atoms with E-state index >= 15 is 0 Å². The second-order valence-corrected chi connectivity index (χ2v) is 3.83. The van der Waals surface area contributed by atoms with Crippen LogP contribution in [-0.2, 0) is 6.42 Å². The lowest BCUT2D eigenvalue weighted by atomic mass is 10.1.